The van der Waals surface area contributed by atoms with Crippen molar-refractivity contribution in [2.75, 3.05) is 6.61 Å². The molecule has 9 heteroatoms. The van der Waals surface area contributed by atoms with E-state index >= 15 is 0 Å². The van der Waals surface area contributed by atoms with E-state index in [2.05, 4.69) is 15.4 Å². The van der Waals surface area contributed by atoms with Crippen molar-refractivity contribution in [3.05, 3.63) is 64.7 Å². The average molecular weight is 415 g/mol. The van der Waals surface area contributed by atoms with Crippen molar-refractivity contribution in [3.8, 4) is 5.75 Å². The van der Waals surface area contributed by atoms with Crippen LogP contribution in [0.25, 0.3) is 0 Å². The monoisotopic (exact) mass is 414 g/mol. The summed E-state index contributed by atoms with van der Waals surface area (Å²) in [4.78, 5) is 24.2. The first-order valence-electron chi connectivity index (χ1n) is 8.27. The Morgan fingerprint density at radius 2 is 1.68 bits per heavy atom. The van der Waals surface area contributed by atoms with Gasteiger partial charge in [-0.25, -0.2) is 0 Å². The van der Waals surface area contributed by atoms with Gasteiger partial charge in [0.15, 0.2) is 6.61 Å². The van der Waals surface area contributed by atoms with Gasteiger partial charge < -0.3 is 15.4 Å². The molecular formula is C19H18ClF3N2O3. The summed E-state index contributed by atoms with van der Waals surface area (Å²) in [5.74, 6) is -0.735. The van der Waals surface area contributed by atoms with Crippen LogP contribution in [0.3, 0.4) is 0 Å². The van der Waals surface area contributed by atoms with E-state index in [0.717, 1.165) is 0 Å². The third kappa shape index (κ3) is 7.11. The Labute approximate surface area is 164 Å². The molecule has 2 N–H and O–H groups in total. The number of rotatable bonds is 7. The lowest BCUT2D eigenvalue weighted by Gasteiger charge is -2.14. The number of carbonyl (C=O) groups is 2. The zero-order valence-electron chi connectivity index (χ0n) is 14.8. The van der Waals surface area contributed by atoms with Gasteiger partial charge in [0.25, 0.3) is 5.91 Å². The van der Waals surface area contributed by atoms with Crippen molar-refractivity contribution < 1.29 is 27.5 Å². The van der Waals surface area contributed by atoms with Crippen LogP contribution in [0.15, 0.2) is 48.5 Å². The predicted octanol–water partition coefficient (Wildman–Crippen LogP) is 3.72. The first-order valence-corrected chi connectivity index (χ1v) is 8.64. The predicted molar refractivity (Wildman–Crippen MR) is 98.2 cm³/mol. The van der Waals surface area contributed by atoms with Gasteiger partial charge in [-0.1, -0.05) is 23.7 Å². The highest BCUT2D eigenvalue weighted by Crippen LogP contribution is 2.18. The van der Waals surface area contributed by atoms with Crippen molar-refractivity contribution in [1.29, 1.82) is 0 Å². The van der Waals surface area contributed by atoms with Gasteiger partial charge in [0.05, 0.1) is 0 Å². The highest BCUT2D eigenvalue weighted by atomic mass is 35.5. The molecule has 2 aromatic rings. The summed E-state index contributed by atoms with van der Waals surface area (Å²) < 4.78 is 41.0. The molecule has 28 heavy (non-hydrogen) atoms. The summed E-state index contributed by atoms with van der Waals surface area (Å²) in [6.45, 7) is 0.324. The molecule has 0 aliphatic rings. The molecule has 0 heterocycles. The normalized spacial score (nSPS) is 12.2. The zero-order valence-corrected chi connectivity index (χ0v) is 15.6. The summed E-state index contributed by atoms with van der Waals surface area (Å²) in [6, 6.07) is 11.3. The maximum absolute atomic E-state index is 12.1. The minimum atomic E-state index is -4.40. The number of amides is 2. The summed E-state index contributed by atoms with van der Waals surface area (Å²) in [6.07, 6.45) is -4.40. The van der Waals surface area contributed by atoms with Crippen LogP contribution < -0.4 is 15.4 Å². The number of nitrogens with one attached hydrogen (secondary N) is 2. The number of benzene rings is 2. The summed E-state index contributed by atoms with van der Waals surface area (Å²) in [5.41, 5.74) is 1.04. The molecule has 1 unspecified atom stereocenters. The second kappa shape index (κ2) is 9.45. The molecule has 2 aromatic carbocycles. The van der Waals surface area contributed by atoms with E-state index in [-0.39, 0.29) is 12.3 Å². The highest BCUT2D eigenvalue weighted by Gasteiger charge is 2.28. The molecule has 2 amide bonds. The van der Waals surface area contributed by atoms with E-state index in [1.807, 2.05) is 0 Å². The van der Waals surface area contributed by atoms with Crippen LogP contribution in [0, 0.1) is 0 Å². The summed E-state index contributed by atoms with van der Waals surface area (Å²) >= 11 is 5.77. The lowest BCUT2D eigenvalue weighted by Crippen LogP contribution is -2.44. The first kappa shape index (κ1) is 21.6. The van der Waals surface area contributed by atoms with Gasteiger partial charge in [0, 0.05) is 17.1 Å². The van der Waals surface area contributed by atoms with Crippen molar-refractivity contribution in [1.82, 2.24) is 10.6 Å². The van der Waals surface area contributed by atoms with Gasteiger partial charge in [-0.3, -0.25) is 9.59 Å². The van der Waals surface area contributed by atoms with Crippen molar-refractivity contribution in [3.63, 3.8) is 0 Å². The quantitative estimate of drug-likeness (QED) is 0.725. The maximum atomic E-state index is 12.1. The largest absolute Gasteiger partial charge is 0.484 e. The fraction of sp³-hybridized carbons (Fsp3) is 0.263. The Hall–Kier alpha value is -2.74. The molecule has 0 aliphatic carbocycles. The minimum Gasteiger partial charge on any atom is -0.484 e. The molecule has 0 saturated carbocycles. The third-order valence-electron chi connectivity index (χ3n) is 3.64. The number of carbonyl (C=O) groups excluding carboxylic acids is 2. The average Bonchev–Trinajstić information content (AvgIpc) is 2.65. The second-order valence-electron chi connectivity index (χ2n) is 5.97. The van der Waals surface area contributed by atoms with Gasteiger partial charge in [0.2, 0.25) is 5.91 Å². The lowest BCUT2D eigenvalue weighted by atomic mass is 10.2. The van der Waals surface area contributed by atoms with Gasteiger partial charge in [0.1, 0.15) is 11.8 Å². The topological polar surface area (TPSA) is 67.4 Å². The van der Waals surface area contributed by atoms with E-state index in [1.165, 1.54) is 19.1 Å². The lowest BCUT2D eigenvalue weighted by molar-refractivity contribution is -0.153. The van der Waals surface area contributed by atoms with Crippen LogP contribution >= 0.6 is 11.6 Å². The molecule has 0 aliphatic heterocycles. The number of hydrogen-bond acceptors (Lipinski definition) is 3. The molecule has 1 atom stereocenters. The third-order valence-corrected chi connectivity index (χ3v) is 3.89. The van der Waals surface area contributed by atoms with Crippen LogP contribution in [0.5, 0.6) is 5.75 Å². The smallest absolute Gasteiger partial charge is 0.422 e. The molecule has 0 radical (unpaired) electrons. The highest BCUT2D eigenvalue weighted by molar-refractivity contribution is 6.30. The Bertz CT molecular complexity index is 809. The fourth-order valence-electron chi connectivity index (χ4n) is 2.16. The van der Waals surface area contributed by atoms with Gasteiger partial charge >= 0.3 is 6.18 Å². The minimum absolute atomic E-state index is 0.0796. The Balaban J connectivity index is 1.80. The van der Waals surface area contributed by atoms with Crippen molar-refractivity contribution in [2.45, 2.75) is 25.7 Å². The van der Waals surface area contributed by atoms with E-state index in [4.69, 9.17) is 11.6 Å². The number of hydrogen-bond donors (Lipinski definition) is 2. The molecule has 0 spiro atoms. The number of halogens is 4. The summed E-state index contributed by atoms with van der Waals surface area (Å²) in [7, 11) is 0. The first-order chi connectivity index (χ1) is 13.1. The van der Waals surface area contributed by atoms with Crippen LogP contribution in [0.4, 0.5) is 13.2 Å². The van der Waals surface area contributed by atoms with Crippen molar-refractivity contribution >= 4 is 23.4 Å². The molecule has 0 aromatic heterocycles. The molecule has 0 saturated heterocycles. The number of ether oxygens (including phenoxy) is 1. The number of alkyl halides is 3. The molecule has 150 valence electrons. The molecule has 2 rings (SSSR count). The van der Waals surface area contributed by atoms with Gasteiger partial charge in [-0.15, -0.1) is 0 Å². The van der Waals surface area contributed by atoms with E-state index in [0.29, 0.717) is 16.1 Å². The Morgan fingerprint density at radius 1 is 1.07 bits per heavy atom. The van der Waals surface area contributed by atoms with Crippen LogP contribution in [0.1, 0.15) is 22.8 Å². The van der Waals surface area contributed by atoms with Crippen LogP contribution in [-0.2, 0) is 11.3 Å². The standard InChI is InChI=1S/C19H18ClF3N2O3/c1-12(25-18(27)14-4-6-15(20)7-5-14)17(26)24-10-13-2-8-16(9-3-13)28-11-19(21,22)23/h2-9,12H,10-11H2,1H3,(H,24,26)(H,25,27). The molecule has 5 nitrogen and oxygen atoms in total. The van der Waals surface area contributed by atoms with Crippen LogP contribution in [-0.4, -0.2) is 30.6 Å². The second-order valence-corrected chi connectivity index (χ2v) is 6.40. The summed E-state index contributed by atoms with van der Waals surface area (Å²) in [5, 5.41) is 5.71. The van der Waals surface area contributed by atoms with E-state index in [9.17, 15) is 22.8 Å². The Morgan fingerprint density at radius 3 is 2.25 bits per heavy atom. The zero-order chi connectivity index (χ0) is 20.7. The van der Waals surface area contributed by atoms with Gasteiger partial charge in [-0.05, 0) is 48.9 Å². The van der Waals surface area contributed by atoms with E-state index in [1.54, 1.807) is 36.4 Å². The Kier molecular flexibility index (Phi) is 7.28. The van der Waals surface area contributed by atoms with Crippen molar-refractivity contribution in [2.24, 2.45) is 0 Å². The SMILES string of the molecule is CC(NC(=O)c1ccc(Cl)cc1)C(=O)NCc1ccc(OCC(F)(F)F)cc1. The molecule has 0 bridgehead atoms. The molecule has 0 fully saturated rings. The van der Waals surface area contributed by atoms with Crippen LogP contribution in [0.2, 0.25) is 5.02 Å². The van der Waals surface area contributed by atoms with E-state index < -0.39 is 30.6 Å². The molecular weight excluding hydrogens is 397 g/mol. The maximum Gasteiger partial charge on any atom is 0.422 e. The fourth-order valence-corrected chi connectivity index (χ4v) is 2.28. The van der Waals surface area contributed by atoms with Gasteiger partial charge in [-0.2, -0.15) is 13.2 Å².